The minimum absolute atomic E-state index is 0.0137. The summed E-state index contributed by atoms with van der Waals surface area (Å²) in [7, 11) is 0. The molecule has 2 atom stereocenters. The molecular formula is C40H46FN5O5. The Morgan fingerprint density at radius 2 is 1.65 bits per heavy atom. The number of hydrogen-bond donors (Lipinski definition) is 2. The van der Waals surface area contributed by atoms with Crippen LogP contribution >= 0.6 is 0 Å². The van der Waals surface area contributed by atoms with Crippen LogP contribution in [0.2, 0.25) is 0 Å². The van der Waals surface area contributed by atoms with Crippen LogP contribution < -0.4 is 11.1 Å². The number of ether oxygens (including phenoxy) is 1. The van der Waals surface area contributed by atoms with E-state index < -0.39 is 29.3 Å². The molecule has 0 saturated carbocycles. The molecule has 10 nitrogen and oxygen atoms in total. The van der Waals surface area contributed by atoms with Crippen LogP contribution in [-0.4, -0.2) is 69.1 Å². The number of ketones is 2. The van der Waals surface area contributed by atoms with Gasteiger partial charge in [-0.1, -0.05) is 60.2 Å². The standard InChI is InChI=1S/C40H46FN5O5/c1-27-9-11-29(12-10-27)36(38(49)45-21-19-31(20-22-45)37(48)30-13-15-32(41)16-14-30)46-23-33(43-26-46)17-18-35(47)34(44-39(50)40(2,3)42)25-51-24-28-7-5-4-6-8-28/h4-16,23,26,31,34,36H,17-22,24-25,42H2,1-3H3,(H,44,50)/t34-,36?/m1/s1. The number of aryl methyl sites for hydroxylation is 2. The van der Waals surface area contributed by atoms with Gasteiger partial charge >= 0.3 is 0 Å². The molecule has 11 heteroatoms. The van der Waals surface area contributed by atoms with Crippen LogP contribution in [0.15, 0.2) is 91.4 Å². The lowest BCUT2D eigenvalue weighted by atomic mass is 9.88. The van der Waals surface area contributed by atoms with Gasteiger partial charge in [-0.05, 0) is 75.4 Å². The largest absolute Gasteiger partial charge is 0.374 e. The highest BCUT2D eigenvalue weighted by atomic mass is 19.1. The number of carbonyl (C=O) groups excluding carboxylic acids is 4. The molecule has 1 unspecified atom stereocenters. The summed E-state index contributed by atoms with van der Waals surface area (Å²) in [6, 6.07) is 21.3. The summed E-state index contributed by atoms with van der Waals surface area (Å²) in [5.41, 5.74) is 8.69. The first-order valence-corrected chi connectivity index (χ1v) is 17.3. The zero-order valence-corrected chi connectivity index (χ0v) is 29.4. The summed E-state index contributed by atoms with van der Waals surface area (Å²) in [6.07, 6.45) is 4.77. The average Bonchev–Trinajstić information content (AvgIpc) is 3.59. The summed E-state index contributed by atoms with van der Waals surface area (Å²) in [5.74, 6) is -1.48. The number of nitrogens with two attached hydrogens (primary N) is 1. The van der Waals surface area contributed by atoms with Gasteiger partial charge in [0.2, 0.25) is 11.8 Å². The number of benzene rings is 3. The molecule has 3 N–H and O–H groups in total. The lowest BCUT2D eigenvalue weighted by Crippen LogP contribution is -2.55. The van der Waals surface area contributed by atoms with Crippen LogP contribution in [0.25, 0.3) is 0 Å². The first-order valence-electron chi connectivity index (χ1n) is 17.3. The Hall–Kier alpha value is -5.00. The van der Waals surface area contributed by atoms with E-state index in [9.17, 15) is 23.6 Å². The van der Waals surface area contributed by atoms with E-state index in [0.29, 0.717) is 37.2 Å². The van der Waals surface area contributed by atoms with Crippen LogP contribution in [0.4, 0.5) is 4.39 Å². The van der Waals surface area contributed by atoms with E-state index in [1.165, 1.54) is 24.3 Å². The highest BCUT2D eigenvalue weighted by molar-refractivity contribution is 5.98. The summed E-state index contributed by atoms with van der Waals surface area (Å²) in [4.78, 5) is 59.7. The molecule has 1 aliphatic rings. The summed E-state index contributed by atoms with van der Waals surface area (Å²) >= 11 is 0. The van der Waals surface area contributed by atoms with Crippen molar-refractivity contribution in [1.82, 2.24) is 19.8 Å². The van der Waals surface area contributed by atoms with Crippen LogP contribution in [-0.2, 0) is 32.1 Å². The molecule has 0 radical (unpaired) electrons. The molecule has 2 amide bonds. The van der Waals surface area contributed by atoms with Crippen LogP contribution in [0.5, 0.6) is 0 Å². The van der Waals surface area contributed by atoms with Crippen molar-refractivity contribution in [3.63, 3.8) is 0 Å². The fourth-order valence-corrected chi connectivity index (χ4v) is 6.08. The molecular weight excluding hydrogens is 649 g/mol. The van der Waals surface area contributed by atoms with E-state index in [0.717, 1.165) is 16.7 Å². The predicted octanol–water partition coefficient (Wildman–Crippen LogP) is 4.98. The first kappa shape index (κ1) is 37.3. The molecule has 0 aliphatic carbocycles. The fourth-order valence-electron chi connectivity index (χ4n) is 6.08. The van der Waals surface area contributed by atoms with Crippen molar-refractivity contribution in [2.24, 2.45) is 11.7 Å². The van der Waals surface area contributed by atoms with E-state index in [4.69, 9.17) is 10.5 Å². The van der Waals surface area contributed by atoms with Crippen LogP contribution in [0.1, 0.15) is 71.9 Å². The zero-order valence-electron chi connectivity index (χ0n) is 29.4. The van der Waals surface area contributed by atoms with Crippen molar-refractivity contribution in [3.05, 3.63) is 125 Å². The number of likely N-dealkylation sites (tertiary alicyclic amines) is 1. The van der Waals surface area contributed by atoms with E-state index in [2.05, 4.69) is 10.3 Å². The van der Waals surface area contributed by atoms with E-state index >= 15 is 0 Å². The van der Waals surface area contributed by atoms with Gasteiger partial charge < -0.3 is 25.3 Å². The molecule has 0 bridgehead atoms. The van der Waals surface area contributed by atoms with Gasteiger partial charge in [-0.15, -0.1) is 0 Å². The van der Waals surface area contributed by atoms with E-state index in [1.54, 1.807) is 35.8 Å². The van der Waals surface area contributed by atoms with Crippen LogP contribution in [0, 0.1) is 18.7 Å². The van der Waals surface area contributed by atoms with Gasteiger partial charge in [0.15, 0.2) is 11.6 Å². The fraction of sp³-hybridized carbons (Fsp3) is 0.375. The summed E-state index contributed by atoms with van der Waals surface area (Å²) in [6.45, 7) is 6.22. The van der Waals surface area contributed by atoms with Crippen LogP contribution in [0.3, 0.4) is 0 Å². The number of nitrogens with one attached hydrogen (secondary N) is 1. The number of nitrogens with zero attached hydrogens (tertiary/aromatic N) is 3. The van der Waals surface area contributed by atoms with Crippen molar-refractivity contribution in [1.29, 1.82) is 0 Å². The molecule has 268 valence electrons. The Morgan fingerprint density at radius 1 is 0.980 bits per heavy atom. The monoisotopic (exact) mass is 695 g/mol. The SMILES string of the molecule is Cc1ccc(C(C(=O)N2CCC(C(=O)c3ccc(F)cc3)CC2)n2cnc(CCC(=O)[C@@H](COCc3ccccc3)NC(=O)C(C)(C)N)c2)cc1. The number of imidazole rings is 1. The normalized spacial score (nSPS) is 14.9. The lowest BCUT2D eigenvalue weighted by molar-refractivity contribution is -0.134. The summed E-state index contributed by atoms with van der Waals surface area (Å²) in [5, 5.41) is 2.75. The Kier molecular flexibility index (Phi) is 12.3. The Labute approximate surface area is 298 Å². The van der Waals surface area contributed by atoms with Gasteiger partial charge in [0.1, 0.15) is 17.9 Å². The van der Waals surface area contributed by atoms with Crippen molar-refractivity contribution >= 4 is 23.4 Å². The topological polar surface area (TPSA) is 137 Å². The van der Waals surface area contributed by atoms with Gasteiger partial charge in [-0.3, -0.25) is 19.2 Å². The van der Waals surface area contributed by atoms with Crippen molar-refractivity contribution < 1.29 is 28.3 Å². The summed E-state index contributed by atoms with van der Waals surface area (Å²) < 4.78 is 21.0. The molecule has 2 heterocycles. The minimum atomic E-state index is -1.18. The predicted molar refractivity (Wildman–Crippen MR) is 191 cm³/mol. The molecule has 1 aliphatic heterocycles. The molecule has 4 aromatic rings. The van der Waals surface area contributed by atoms with Gasteiger partial charge in [0, 0.05) is 37.2 Å². The number of piperidine rings is 1. The first-order chi connectivity index (χ1) is 24.4. The highest BCUT2D eigenvalue weighted by Crippen LogP contribution is 2.27. The van der Waals surface area contributed by atoms with Gasteiger partial charge in [-0.2, -0.15) is 0 Å². The second kappa shape index (κ2) is 16.8. The number of rotatable bonds is 15. The van der Waals surface area contributed by atoms with Gasteiger partial charge in [-0.25, -0.2) is 9.37 Å². The minimum Gasteiger partial charge on any atom is -0.374 e. The second-order valence-corrected chi connectivity index (χ2v) is 13.8. The second-order valence-electron chi connectivity index (χ2n) is 13.8. The van der Waals surface area contributed by atoms with Crippen molar-refractivity contribution in [2.75, 3.05) is 19.7 Å². The Balaban J connectivity index is 1.25. The maximum atomic E-state index is 14.2. The number of hydrogen-bond acceptors (Lipinski definition) is 7. The third kappa shape index (κ3) is 10.0. The molecule has 1 aromatic heterocycles. The van der Waals surface area contributed by atoms with E-state index in [-0.39, 0.29) is 49.4 Å². The highest BCUT2D eigenvalue weighted by Gasteiger charge is 2.33. The molecule has 3 aromatic carbocycles. The molecule has 51 heavy (non-hydrogen) atoms. The van der Waals surface area contributed by atoms with Gasteiger partial charge in [0.25, 0.3) is 0 Å². The smallest absolute Gasteiger partial charge is 0.250 e. The molecule has 1 fully saturated rings. The lowest BCUT2D eigenvalue weighted by Gasteiger charge is -2.34. The number of amides is 2. The molecule has 5 rings (SSSR count). The third-order valence-corrected chi connectivity index (χ3v) is 9.19. The third-order valence-electron chi connectivity index (χ3n) is 9.19. The molecule has 0 spiro atoms. The molecule has 1 saturated heterocycles. The maximum absolute atomic E-state index is 14.2. The average molecular weight is 696 g/mol. The Bertz CT molecular complexity index is 1790. The van der Waals surface area contributed by atoms with Crippen molar-refractivity contribution in [3.8, 4) is 0 Å². The number of Topliss-reactive ketones (excluding diaryl/α,β-unsaturated/α-hetero) is 2. The maximum Gasteiger partial charge on any atom is 0.250 e. The van der Waals surface area contributed by atoms with Crippen molar-refractivity contribution in [2.45, 2.75) is 70.7 Å². The van der Waals surface area contributed by atoms with E-state index in [1.807, 2.05) is 61.5 Å². The zero-order chi connectivity index (χ0) is 36.5. The number of aromatic nitrogens is 2. The van der Waals surface area contributed by atoms with Gasteiger partial charge in [0.05, 0.1) is 30.8 Å². The number of halogens is 1. The quantitative estimate of drug-likeness (QED) is 0.168. The Morgan fingerprint density at radius 3 is 2.29 bits per heavy atom. The number of carbonyl (C=O) groups is 4.